The number of anilines is 2. The molecule has 1 aliphatic rings. The molecule has 0 amide bonds. The minimum atomic E-state index is -0.361. The number of hydrogen-bond donors (Lipinski definition) is 1. The number of methoxy groups -OCH3 is 1. The van der Waals surface area contributed by atoms with Crippen LogP contribution in [0, 0.1) is 0 Å². The van der Waals surface area contributed by atoms with E-state index in [-0.39, 0.29) is 12.0 Å². The lowest BCUT2D eigenvalue weighted by atomic mass is 10.1. The van der Waals surface area contributed by atoms with Gasteiger partial charge in [0.1, 0.15) is 4.88 Å². The second-order valence-electron chi connectivity index (χ2n) is 6.21. The maximum Gasteiger partial charge on any atom is 0.349 e. The third-order valence-corrected chi connectivity index (χ3v) is 5.31. The number of hydrogen-bond acceptors (Lipinski definition) is 8. The molecule has 1 saturated heterocycles. The molecule has 0 saturated carbocycles. The van der Waals surface area contributed by atoms with Crippen molar-refractivity contribution in [3.05, 3.63) is 53.7 Å². The fraction of sp³-hybridized carbons (Fsp3) is 0.263. The predicted octanol–water partition coefficient (Wildman–Crippen LogP) is 3.08. The second kappa shape index (κ2) is 7.71. The van der Waals surface area contributed by atoms with Crippen LogP contribution >= 0.6 is 11.3 Å². The number of aromatic nitrogens is 3. The summed E-state index contributed by atoms with van der Waals surface area (Å²) in [6.45, 7) is 1.65. The van der Waals surface area contributed by atoms with Crippen molar-refractivity contribution in [2.45, 2.75) is 12.5 Å². The van der Waals surface area contributed by atoms with E-state index in [0.717, 1.165) is 41.8 Å². The Kier molecular flexibility index (Phi) is 4.97. The zero-order valence-corrected chi connectivity index (χ0v) is 15.6. The molecular formula is C19H19N5O2S. The first-order valence-corrected chi connectivity index (χ1v) is 9.48. The second-order valence-corrected chi connectivity index (χ2v) is 7.24. The summed E-state index contributed by atoms with van der Waals surface area (Å²) in [4.78, 5) is 27.6. The molecule has 0 aliphatic carbocycles. The summed E-state index contributed by atoms with van der Waals surface area (Å²) in [6, 6.07) is 12.2. The lowest BCUT2D eigenvalue weighted by Crippen LogP contribution is -2.27. The molecule has 1 atom stereocenters. The van der Waals surface area contributed by atoms with Crippen LogP contribution in [0.1, 0.15) is 16.1 Å². The Labute approximate surface area is 161 Å². The van der Waals surface area contributed by atoms with Crippen molar-refractivity contribution in [1.29, 1.82) is 0 Å². The van der Waals surface area contributed by atoms with Crippen LogP contribution < -0.4 is 10.2 Å². The average Bonchev–Trinajstić information content (AvgIpc) is 3.38. The van der Waals surface area contributed by atoms with Gasteiger partial charge in [0.15, 0.2) is 5.13 Å². The zero-order valence-electron chi connectivity index (χ0n) is 14.8. The van der Waals surface area contributed by atoms with E-state index < -0.39 is 0 Å². The van der Waals surface area contributed by atoms with Crippen molar-refractivity contribution in [2.24, 2.45) is 0 Å². The van der Waals surface area contributed by atoms with Gasteiger partial charge in [0, 0.05) is 30.9 Å². The fourth-order valence-corrected chi connectivity index (χ4v) is 3.85. The maximum absolute atomic E-state index is 11.5. The lowest BCUT2D eigenvalue weighted by molar-refractivity contribution is 0.0606. The standard InChI is InChI=1S/C19H19N5O2S/c1-26-17(25)16-11-21-19(27-16)22-14-8-10-24(12-14)18-20-9-7-15(23-18)13-5-3-2-4-6-13/h2-7,9,11,14H,8,10,12H2,1H3,(H,21,22). The van der Waals surface area contributed by atoms with Crippen LogP contribution in [0.3, 0.4) is 0 Å². The van der Waals surface area contributed by atoms with E-state index in [4.69, 9.17) is 9.72 Å². The van der Waals surface area contributed by atoms with Crippen molar-refractivity contribution in [3.63, 3.8) is 0 Å². The summed E-state index contributed by atoms with van der Waals surface area (Å²) >= 11 is 1.30. The molecule has 4 rings (SSSR count). The van der Waals surface area contributed by atoms with Gasteiger partial charge in [-0.05, 0) is 12.5 Å². The van der Waals surface area contributed by atoms with Gasteiger partial charge in [0.25, 0.3) is 0 Å². The molecule has 2 aromatic heterocycles. The van der Waals surface area contributed by atoms with Gasteiger partial charge >= 0.3 is 5.97 Å². The molecule has 7 nitrogen and oxygen atoms in total. The highest BCUT2D eigenvalue weighted by Gasteiger charge is 2.25. The summed E-state index contributed by atoms with van der Waals surface area (Å²) < 4.78 is 4.72. The van der Waals surface area contributed by atoms with Crippen molar-refractivity contribution in [2.75, 3.05) is 30.4 Å². The van der Waals surface area contributed by atoms with Gasteiger partial charge in [-0.15, -0.1) is 0 Å². The normalized spacial score (nSPS) is 16.3. The first kappa shape index (κ1) is 17.4. The molecule has 1 unspecified atom stereocenters. The fourth-order valence-electron chi connectivity index (χ4n) is 3.04. The molecule has 1 fully saturated rings. The molecule has 0 bridgehead atoms. The number of rotatable bonds is 5. The third kappa shape index (κ3) is 3.90. The van der Waals surface area contributed by atoms with Gasteiger partial charge in [0.2, 0.25) is 5.95 Å². The highest BCUT2D eigenvalue weighted by Crippen LogP contribution is 2.25. The molecule has 8 heteroatoms. The van der Waals surface area contributed by atoms with Crippen molar-refractivity contribution < 1.29 is 9.53 Å². The SMILES string of the molecule is COC(=O)c1cnc(NC2CCN(c3nccc(-c4ccccc4)n3)C2)s1. The van der Waals surface area contributed by atoms with E-state index in [0.29, 0.717) is 4.88 Å². The van der Waals surface area contributed by atoms with Crippen LogP contribution in [0.5, 0.6) is 0 Å². The minimum Gasteiger partial charge on any atom is -0.465 e. The number of carbonyl (C=O) groups is 1. The minimum absolute atomic E-state index is 0.227. The van der Waals surface area contributed by atoms with E-state index in [9.17, 15) is 4.79 Å². The van der Waals surface area contributed by atoms with Crippen molar-refractivity contribution >= 4 is 28.4 Å². The summed E-state index contributed by atoms with van der Waals surface area (Å²) in [5, 5.41) is 4.11. The molecule has 0 spiro atoms. The molecule has 1 aromatic carbocycles. The van der Waals surface area contributed by atoms with E-state index >= 15 is 0 Å². The van der Waals surface area contributed by atoms with Crippen molar-refractivity contribution in [3.8, 4) is 11.3 Å². The van der Waals surface area contributed by atoms with Gasteiger partial charge in [-0.2, -0.15) is 0 Å². The van der Waals surface area contributed by atoms with Gasteiger partial charge in [-0.25, -0.2) is 19.7 Å². The number of nitrogens with zero attached hydrogens (tertiary/aromatic N) is 4. The van der Waals surface area contributed by atoms with Crippen LogP contribution in [0.15, 0.2) is 48.8 Å². The number of ether oxygens (including phenoxy) is 1. The number of nitrogens with one attached hydrogen (secondary N) is 1. The number of benzene rings is 1. The number of esters is 1. The largest absolute Gasteiger partial charge is 0.465 e. The molecule has 138 valence electrons. The topological polar surface area (TPSA) is 80.2 Å². The van der Waals surface area contributed by atoms with E-state index in [1.54, 1.807) is 6.20 Å². The van der Waals surface area contributed by atoms with E-state index in [1.165, 1.54) is 24.6 Å². The Morgan fingerprint density at radius 3 is 2.93 bits per heavy atom. The monoisotopic (exact) mass is 381 g/mol. The van der Waals surface area contributed by atoms with Crippen LogP contribution in [-0.4, -0.2) is 47.2 Å². The first-order chi connectivity index (χ1) is 13.2. The summed E-state index contributed by atoms with van der Waals surface area (Å²) in [7, 11) is 1.37. The van der Waals surface area contributed by atoms with Crippen LogP contribution in [0.4, 0.5) is 11.1 Å². The van der Waals surface area contributed by atoms with Gasteiger partial charge in [-0.3, -0.25) is 0 Å². The Bertz CT molecular complexity index is 931. The Balaban J connectivity index is 1.42. The van der Waals surface area contributed by atoms with Gasteiger partial charge in [0.05, 0.1) is 19.0 Å². The quantitative estimate of drug-likeness (QED) is 0.680. The highest BCUT2D eigenvalue weighted by molar-refractivity contribution is 7.17. The summed E-state index contributed by atoms with van der Waals surface area (Å²) in [5.74, 6) is 0.370. The maximum atomic E-state index is 11.5. The molecule has 1 aliphatic heterocycles. The lowest BCUT2D eigenvalue weighted by Gasteiger charge is -2.17. The molecule has 1 N–H and O–H groups in total. The Hall–Kier alpha value is -3.00. The van der Waals surface area contributed by atoms with Gasteiger partial charge in [-0.1, -0.05) is 41.7 Å². The average molecular weight is 381 g/mol. The molecule has 3 aromatic rings. The first-order valence-electron chi connectivity index (χ1n) is 8.67. The zero-order chi connectivity index (χ0) is 18.6. The molecule has 0 radical (unpaired) electrons. The number of carbonyl (C=O) groups excluding carboxylic acids is 1. The smallest absolute Gasteiger partial charge is 0.349 e. The van der Waals surface area contributed by atoms with E-state index in [2.05, 4.69) is 20.2 Å². The van der Waals surface area contributed by atoms with Crippen LogP contribution in [0.2, 0.25) is 0 Å². The summed E-state index contributed by atoms with van der Waals surface area (Å²) in [5.41, 5.74) is 1.99. The highest BCUT2D eigenvalue weighted by atomic mass is 32.1. The molecule has 3 heterocycles. The van der Waals surface area contributed by atoms with E-state index in [1.807, 2.05) is 36.4 Å². The predicted molar refractivity (Wildman–Crippen MR) is 105 cm³/mol. The molecular weight excluding hydrogens is 362 g/mol. The number of thiazole rings is 1. The Morgan fingerprint density at radius 1 is 1.26 bits per heavy atom. The molecule has 27 heavy (non-hydrogen) atoms. The van der Waals surface area contributed by atoms with Gasteiger partial charge < -0.3 is 15.0 Å². The third-order valence-electron chi connectivity index (χ3n) is 4.40. The Morgan fingerprint density at radius 2 is 2.11 bits per heavy atom. The van der Waals surface area contributed by atoms with Crippen LogP contribution in [0.25, 0.3) is 11.3 Å². The summed E-state index contributed by atoms with van der Waals surface area (Å²) in [6.07, 6.45) is 4.29. The van der Waals surface area contributed by atoms with Crippen molar-refractivity contribution in [1.82, 2.24) is 15.0 Å². The van der Waals surface area contributed by atoms with Crippen LogP contribution in [-0.2, 0) is 4.74 Å².